The van der Waals surface area contributed by atoms with E-state index in [0.717, 1.165) is 4.31 Å². The third-order valence-corrected chi connectivity index (χ3v) is 4.94. The molecule has 1 aliphatic rings. The molecule has 8 heteroatoms. The van der Waals surface area contributed by atoms with Gasteiger partial charge in [-0.3, -0.25) is 9.59 Å². The molecule has 0 atom stereocenters. The van der Waals surface area contributed by atoms with Crippen molar-refractivity contribution in [3.8, 4) is 5.75 Å². The number of hydrogen-bond donors (Lipinski definition) is 1. The molecule has 1 heterocycles. The van der Waals surface area contributed by atoms with Gasteiger partial charge < -0.3 is 4.74 Å². The van der Waals surface area contributed by atoms with Crippen LogP contribution < -0.4 is 9.46 Å². The minimum Gasteiger partial charge on any atom is -0.496 e. The summed E-state index contributed by atoms with van der Waals surface area (Å²) in [4.78, 5) is 23.1. The van der Waals surface area contributed by atoms with Crippen molar-refractivity contribution in [3.63, 3.8) is 0 Å². The molecule has 22 heavy (non-hydrogen) atoms. The van der Waals surface area contributed by atoms with Gasteiger partial charge in [0.2, 0.25) is 5.91 Å². The van der Waals surface area contributed by atoms with E-state index < -0.39 is 16.1 Å². The van der Waals surface area contributed by atoms with Gasteiger partial charge in [-0.25, -0.2) is 4.72 Å². The average molecular weight is 326 g/mol. The van der Waals surface area contributed by atoms with Gasteiger partial charge in [0.25, 0.3) is 0 Å². The number of nitrogens with one attached hydrogen (secondary N) is 1. The maximum absolute atomic E-state index is 12.1. The van der Waals surface area contributed by atoms with Crippen LogP contribution in [-0.2, 0) is 26.2 Å². The van der Waals surface area contributed by atoms with Crippen LogP contribution in [0.3, 0.4) is 0 Å². The second-order valence-corrected chi connectivity index (χ2v) is 6.63. The van der Waals surface area contributed by atoms with Crippen molar-refractivity contribution in [2.24, 2.45) is 0 Å². The summed E-state index contributed by atoms with van der Waals surface area (Å²) in [5.41, 5.74) is 0.603. The molecule has 120 valence electrons. The summed E-state index contributed by atoms with van der Waals surface area (Å²) >= 11 is 0. The molecule has 0 bridgehead atoms. The number of carbonyl (C=O) groups excluding carboxylic acids is 2. The first-order valence-electron chi connectivity index (χ1n) is 6.86. The predicted octanol–water partition coefficient (Wildman–Crippen LogP) is 0.264. The highest BCUT2D eigenvalue weighted by molar-refractivity contribution is 7.87. The summed E-state index contributed by atoms with van der Waals surface area (Å²) in [5, 5.41) is 0. The summed E-state index contributed by atoms with van der Waals surface area (Å²) in [5.74, 6) is -0.0770. The number of carbonyl (C=O) groups is 2. The standard InChI is InChI=1S/C14H18N2O5S/c1-21-13-5-3-2-4-11(13)10-14(18)15-22(19,20)16-8-6-12(17)7-9-16/h2-5H,6-10H2,1H3,(H,15,18). The van der Waals surface area contributed by atoms with E-state index in [2.05, 4.69) is 0 Å². The topological polar surface area (TPSA) is 92.8 Å². The van der Waals surface area contributed by atoms with Crippen LogP contribution >= 0.6 is 0 Å². The fourth-order valence-electron chi connectivity index (χ4n) is 2.24. The third-order valence-electron chi connectivity index (χ3n) is 3.41. The van der Waals surface area contributed by atoms with Crippen LogP contribution in [0.2, 0.25) is 0 Å². The number of rotatable bonds is 5. The fraction of sp³-hybridized carbons (Fsp3) is 0.429. The van der Waals surface area contributed by atoms with Crippen LogP contribution in [0.25, 0.3) is 0 Å². The van der Waals surface area contributed by atoms with Crippen LogP contribution in [0.1, 0.15) is 18.4 Å². The molecule has 1 fully saturated rings. The minimum absolute atomic E-state index is 0.0341. The van der Waals surface area contributed by atoms with Gasteiger partial charge in [0.05, 0.1) is 13.5 Å². The van der Waals surface area contributed by atoms with Crippen molar-refractivity contribution >= 4 is 21.9 Å². The van der Waals surface area contributed by atoms with Crippen molar-refractivity contribution in [1.82, 2.24) is 9.03 Å². The number of amides is 1. The Morgan fingerprint density at radius 3 is 2.55 bits per heavy atom. The Hall–Kier alpha value is -1.93. The molecule has 1 saturated heterocycles. The number of ketones is 1. The van der Waals surface area contributed by atoms with Crippen LogP contribution in [0.5, 0.6) is 5.75 Å². The number of para-hydroxylation sites is 1. The molecule has 1 amide bonds. The van der Waals surface area contributed by atoms with E-state index in [4.69, 9.17) is 4.74 Å². The molecule has 0 saturated carbocycles. The van der Waals surface area contributed by atoms with Crippen LogP contribution in [0.15, 0.2) is 24.3 Å². The zero-order chi connectivity index (χ0) is 16.2. The number of hydrogen-bond acceptors (Lipinski definition) is 5. The zero-order valence-corrected chi connectivity index (χ0v) is 13.1. The lowest BCUT2D eigenvalue weighted by molar-refractivity contribution is -0.120. The largest absolute Gasteiger partial charge is 0.496 e. The summed E-state index contributed by atoms with van der Waals surface area (Å²) in [7, 11) is -2.42. The molecule has 0 spiro atoms. The van der Waals surface area contributed by atoms with Gasteiger partial charge >= 0.3 is 10.2 Å². The Morgan fingerprint density at radius 1 is 1.27 bits per heavy atom. The minimum atomic E-state index is -3.90. The maximum atomic E-state index is 12.1. The Labute approximate surface area is 129 Å². The van der Waals surface area contributed by atoms with Gasteiger partial charge in [-0.1, -0.05) is 18.2 Å². The highest BCUT2D eigenvalue weighted by Gasteiger charge is 2.28. The SMILES string of the molecule is COc1ccccc1CC(=O)NS(=O)(=O)N1CCC(=O)CC1. The highest BCUT2D eigenvalue weighted by Crippen LogP contribution is 2.18. The maximum Gasteiger partial charge on any atom is 0.303 e. The van der Waals surface area contributed by atoms with E-state index in [1.165, 1.54) is 7.11 Å². The van der Waals surface area contributed by atoms with Gasteiger partial charge in [-0.05, 0) is 6.07 Å². The van der Waals surface area contributed by atoms with Crippen molar-refractivity contribution in [3.05, 3.63) is 29.8 Å². The Kier molecular flexibility index (Phi) is 5.15. The van der Waals surface area contributed by atoms with Gasteiger partial charge in [-0.2, -0.15) is 12.7 Å². The van der Waals surface area contributed by atoms with E-state index in [1.54, 1.807) is 24.3 Å². The second kappa shape index (κ2) is 6.89. The number of nitrogens with zero attached hydrogens (tertiary/aromatic N) is 1. The van der Waals surface area contributed by atoms with E-state index in [9.17, 15) is 18.0 Å². The molecular formula is C14H18N2O5S. The summed E-state index contributed by atoms with van der Waals surface area (Å²) in [6, 6.07) is 6.91. The smallest absolute Gasteiger partial charge is 0.303 e. The first kappa shape index (κ1) is 16.4. The van der Waals surface area contributed by atoms with Crippen LogP contribution in [0.4, 0.5) is 0 Å². The number of ether oxygens (including phenoxy) is 1. The van der Waals surface area contributed by atoms with E-state index in [0.29, 0.717) is 11.3 Å². The molecule has 0 aromatic heterocycles. The average Bonchev–Trinajstić information content (AvgIpc) is 2.47. The summed E-state index contributed by atoms with van der Waals surface area (Å²) in [6.07, 6.45) is 0.263. The van der Waals surface area contributed by atoms with E-state index in [1.807, 2.05) is 4.72 Å². The van der Waals surface area contributed by atoms with E-state index in [-0.39, 0.29) is 38.1 Å². The van der Waals surface area contributed by atoms with E-state index >= 15 is 0 Å². The van der Waals surface area contributed by atoms with Crippen molar-refractivity contribution < 1.29 is 22.7 Å². The molecule has 7 nitrogen and oxygen atoms in total. The van der Waals surface area contributed by atoms with Gasteiger partial charge in [0.1, 0.15) is 11.5 Å². The molecular weight excluding hydrogens is 308 g/mol. The van der Waals surface area contributed by atoms with Crippen LogP contribution in [-0.4, -0.2) is 44.6 Å². The molecule has 0 radical (unpaired) electrons. The highest BCUT2D eigenvalue weighted by atomic mass is 32.2. The predicted molar refractivity (Wildman–Crippen MR) is 79.6 cm³/mol. The van der Waals surface area contributed by atoms with Crippen molar-refractivity contribution in [2.45, 2.75) is 19.3 Å². The monoisotopic (exact) mass is 326 g/mol. The molecule has 1 aromatic carbocycles. The molecule has 0 aliphatic carbocycles. The Bertz CT molecular complexity index is 662. The number of methoxy groups -OCH3 is 1. The lowest BCUT2D eigenvalue weighted by Crippen LogP contribution is -2.47. The first-order valence-corrected chi connectivity index (χ1v) is 8.30. The molecule has 0 unspecified atom stereocenters. The second-order valence-electron chi connectivity index (χ2n) is 4.96. The molecule has 1 aliphatic heterocycles. The lowest BCUT2D eigenvalue weighted by atomic mass is 10.1. The lowest BCUT2D eigenvalue weighted by Gasteiger charge is -2.25. The van der Waals surface area contributed by atoms with Gasteiger partial charge in [0.15, 0.2) is 0 Å². The molecule has 1 aromatic rings. The van der Waals surface area contributed by atoms with Crippen molar-refractivity contribution in [2.75, 3.05) is 20.2 Å². The van der Waals surface area contributed by atoms with Gasteiger partial charge in [-0.15, -0.1) is 0 Å². The Morgan fingerprint density at radius 2 is 1.91 bits per heavy atom. The van der Waals surface area contributed by atoms with Crippen LogP contribution in [0, 0.1) is 0 Å². The fourth-order valence-corrected chi connectivity index (χ4v) is 3.39. The molecule has 1 N–H and O–H groups in total. The van der Waals surface area contributed by atoms with Crippen molar-refractivity contribution in [1.29, 1.82) is 0 Å². The summed E-state index contributed by atoms with van der Waals surface area (Å²) in [6.45, 7) is 0.214. The number of Topliss-reactive ketones (excluding diaryl/α,β-unsaturated/α-hetero) is 1. The zero-order valence-electron chi connectivity index (χ0n) is 12.2. The first-order chi connectivity index (χ1) is 10.4. The summed E-state index contributed by atoms with van der Waals surface area (Å²) < 4.78 is 32.5. The normalized spacial score (nSPS) is 16.3. The van der Waals surface area contributed by atoms with Gasteiger partial charge in [0, 0.05) is 31.5 Å². The Balaban J connectivity index is 2.00. The number of piperidine rings is 1. The molecule has 2 rings (SSSR count). The third kappa shape index (κ3) is 4.05. The number of benzene rings is 1. The quantitative estimate of drug-likeness (QED) is 0.838.